The molecule has 112 valence electrons. The van der Waals surface area contributed by atoms with Gasteiger partial charge in [-0.15, -0.1) is 0 Å². The first-order valence-electron chi connectivity index (χ1n) is 6.80. The lowest BCUT2D eigenvalue weighted by atomic mass is 10.2. The quantitative estimate of drug-likeness (QED) is 0.787. The van der Waals surface area contributed by atoms with Gasteiger partial charge in [0.2, 0.25) is 5.91 Å². The number of halogens is 1. The van der Waals surface area contributed by atoms with Gasteiger partial charge in [0.25, 0.3) is 0 Å². The van der Waals surface area contributed by atoms with Gasteiger partial charge in [0.05, 0.1) is 6.61 Å². The molecule has 0 heterocycles. The average Bonchev–Trinajstić information content (AvgIpc) is 2.45. The number of rotatable bonds is 7. The number of amides is 1. The topological polar surface area (TPSA) is 55.6 Å². The minimum atomic E-state index is 0.0716. The van der Waals surface area contributed by atoms with Gasteiger partial charge in [-0.25, -0.2) is 0 Å². The molecule has 1 aromatic rings. The highest BCUT2D eigenvalue weighted by Gasteiger charge is 2.13. The van der Waals surface area contributed by atoms with E-state index in [1.807, 2.05) is 32.0 Å². The number of likely N-dealkylation sites (N-methyl/N-ethyl adjacent to an activating group) is 1. The van der Waals surface area contributed by atoms with Crippen LogP contribution in [0.25, 0.3) is 0 Å². The Kier molecular flexibility index (Phi) is 6.82. The van der Waals surface area contributed by atoms with Crippen LogP contribution in [0.2, 0.25) is 5.02 Å². The maximum atomic E-state index is 11.9. The second-order valence-electron chi connectivity index (χ2n) is 4.95. The van der Waals surface area contributed by atoms with Crippen LogP contribution in [0.1, 0.15) is 25.3 Å². The zero-order valence-electron chi connectivity index (χ0n) is 12.4. The molecule has 1 rings (SSSR count). The smallest absolute Gasteiger partial charge is 0.222 e. The number of benzene rings is 1. The molecule has 20 heavy (non-hydrogen) atoms. The Hall–Kier alpha value is -1.26. The fourth-order valence-electron chi connectivity index (χ4n) is 1.70. The molecule has 0 aliphatic rings. The molecule has 0 aliphatic carbocycles. The van der Waals surface area contributed by atoms with Gasteiger partial charge in [0.1, 0.15) is 5.75 Å². The third-order valence-corrected chi connectivity index (χ3v) is 3.75. The second-order valence-corrected chi connectivity index (χ2v) is 5.36. The number of hydrogen-bond acceptors (Lipinski definition) is 3. The average molecular weight is 299 g/mol. The van der Waals surface area contributed by atoms with Gasteiger partial charge in [0.15, 0.2) is 0 Å². The maximum Gasteiger partial charge on any atom is 0.222 e. The fourth-order valence-corrected chi connectivity index (χ4v) is 1.82. The van der Waals surface area contributed by atoms with Gasteiger partial charge < -0.3 is 15.4 Å². The van der Waals surface area contributed by atoms with Crippen LogP contribution in [-0.2, 0) is 4.79 Å². The molecular formula is C15H23ClN2O2. The lowest BCUT2D eigenvalue weighted by Gasteiger charge is -2.23. The van der Waals surface area contributed by atoms with Gasteiger partial charge >= 0.3 is 0 Å². The minimum absolute atomic E-state index is 0.0716. The zero-order chi connectivity index (χ0) is 15.1. The molecule has 1 aromatic carbocycles. The van der Waals surface area contributed by atoms with E-state index in [9.17, 15) is 4.79 Å². The summed E-state index contributed by atoms with van der Waals surface area (Å²) in [7, 11) is 1.78. The number of nitrogens with two attached hydrogens (primary N) is 1. The Bertz CT molecular complexity index is 451. The Labute approximate surface area is 125 Å². The van der Waals surface area contributed by atoms with E-state index in [0.717, 1.165) is 16.3 Å². The van der Waals surface area contributed by atoms with Crippen molar-refractivity contribution < 1.29 is 9.53 Å². The van der Waals surface area contributed by atoms with Crippen molar-refractivity contribution in [3.63, 3.8) is 0 Å². The van der Waals surface area contributed by atoms with Crippen LogP contribution in [0.15, 0.2) is 18.2 Å². The molecule has 0 radical (unpaired) electrons. The SMILES string of the molecule is Cc1cc(OCCCC(=O)N(C)C(C)CN)ccc1Cl. The molecule has 1 amide bonds. The molecule has 1 atom stereocenters. The number of hydrogen-bond donors (Lipinski definition) is 1. The molecule has 0 saturated heterocycles. The van der Waals surface area contributed by atoms with Crippen molar-refractivity contribution in [3.05, 3.63) is 28.8 Å². The highest BCUT2D eigenvalue weighted by atomic mass is 35.5. The summed E-state index contributed by atoms with van der Waals surface area (Å²) in [4.78, 5) is 13.5. The second kappa shape index (κ2) is 8.12. The van der Waals surface area contributed by atoms with Gasteiger partial charge in [0, 0.05) is 31.1 Å². The molecule has 0 aromatic heterocycles. The van der Waals surface area contributed by atoms with Crippen molar-refractivity contribution in [1.29, 1.82) is 0 Å². The van der Waals surface area contributed by atoms with Crippen LogP contribution in [0, 0.1) is 6.92 Å². The standard InChI is InChI=1S/C15H23ClN2O2/c1-11-9-13(6-7-14(11)16)20-8-4-5-15(19)18(3)12(2)10-17/h6-7,9,12H,4-5,8,10,17H2,1-3H3. The molecule has 0 aliphatic heterocycles. The lowest BCUT2D eigenvalue weighted by Crippen LogP contribution is -2.39. The molecule has 0 spiro atoms. The van der Waals surface area contributed by atoms with Gasteiger partial charge in [-0.3, -0.25) is 4.79 Å². The van der Waals surface area contributed by atoms with E-state index in [1.54, 1.807) is 11.9 Å². The van der Waals surface area contributed by atoms with Crippen LogP contribution in [0.5, 0.6) is 5.75 Å². The van der Waals surface area contributed by atoms with E-state index in [-0.39, 0.29) is 11.9 Å². The summed E-state index contributed by atoms with van der Waals surface area (Å²) < 4.78 is 5.60. The van der Waals surface area contributed by atoms with Crippen LogP contribution in [-0.4, -0.2) is 37.0 Å². The highest BCUT2D eigenvalue weighted by Crippen LogP contribution is 2.21. The minimum Gasteiger partial charge on any atom is -0.494 e. The zero-order valence-corrected chi connectivity index (χ0v) is 13.1. The predicted molar refractivity (Wildman–Crippen MR) is 82.2 cm³/mol. The van der Waals surface area contributed by atoms with E-state index in [0.29, 0.717) is 26.0 Å². The Morgan fingerprint density at radius 1 is 1.50 bits per heavy atom. The summed E-state index contributed by atoms with van der Waals surface area (Å²) >= 11 is 5.95. The first kappa shape index (κ1) is 16.8. The highest BCUT2D eigenvalue weighted by molar-refractivity contribution is 6.31. The number of ether oxygens (including phenoxy) is 1. The number of aryl methyl sites for hydroxylation is 1. The fraction of sp³-hybridized carbons (Fsp3) is 0.533. The molecule has 5 heteroatoms. The van der Waals surface area contributed by atoms with Gasteiger partial charge in [-0.1, -0.05) is 11.6 Å². The largest absolute Gasteiger partial charge is 0.494 e. The molecule has 0 fully saturated rings. The maximum absolute atomic E-state index is 11.9. The van der Waals surface area contributed by atoms with E-state index >= 15 is 0 Å². The monoisotopic (exact) mass is 298 g/mol. The molecule has 1 unspecified atom stereocenters. The predicted octanol–water partition coefficient (Wildman–Crippen LogP) is 2.61. The summed E-state index contributed by atoms with van der Waals surface area (Å²) in [5.74, 6) is 0.877. The van der Waals surface area contributed by atoms with Crippen LogP contribution in [0.3, 0.4) is 0 Å². The summed E-state index contributed by atoms with van der Waals surface area (Å²) in [5, 5.41) is 0.727. The normalized spacial score (nSPS) is 12.1. The van der Waals surface area contributed by atoms with Crippen molar-refractivity contribution in [1.82, 2.24) is 4.90 Å². The summed E-state index contributed by atoms with van der Waals surface area (Å²) in [6.45, 7) is 4.85. The van der Waals surface area contributed by atoms with Gasteiger partial charge in [-0.05, 0) is 44.0 Å². The molecule has 2 N–H and O–H groups in total. The Morgan fingerprint density at radius 3 is 2.80 bits per heavy atom. The number of carbonyl (C=O) groups is 1. The molecule has 4 nitrogen and oxygen atoms in total. The molecule has 0 saturated carbocycles. The van der Waals surface area contributed by atoms with E-state index in [1.165, 1.54) is 0 Å². The van der Waals surface area contributed by atoms with Crippen LogP contribution in [0.4, 0.5) is 0 Å². The first-order chi connectivity index (χ1) is 9.45. The van der Waals surface area contributed by atoms with Crippen molar-refractivity contribution in [3.8, 4) is 5.75 Å². The first-order valence-corrected chi connectivity index (χ1v) is 7.18. The summed E-state index contributed by atoms with van der Waals surface area (Å²) in [6.07, 6.45) is 1.15. The van der Waals surface area contributed by atoms with Crippen molar-refractivity contribution in [2.75, 3.05) is 20.2 Å². The lowest BCUT2D eigenvalue weighted by molar-refractivity contribution is -0.131. The Balaban J connectivity index is 2.31. The molecule has 0 bridgehead atoms. The van der Waals surface area contributed by atoms with Crippen LogP contribution < -0.4 is 10.5 Å². The summed E-state index contributed by atoms with van der Waals surface area (Å²) in [6, 6.07) is 5.61. The van der Waals surface area contributed by atoms with Crippen LogP contribution >= 0.6 is 11.6 Å². The van der Waals surface area contributed by atoms with Gasteiger partial charge in [-0.2, -0.15) is 0 Å². The van der Waals surface area contributed by atoms with E-state index < -0.39 is 0 Å². The third-order valence-electron chi connectivity index (χ3n) is 3.33. The van der Waals surface area contributed by atoms with Crippen molar-refractivity contribution in [2.24, 2.45) is 5.73 Å². The van der Waals surface area contributed by atoms with Crippen molar-refractivity contribution >= 4 is 17.5 Å². The van der Waals surface area contributed by atoms with E-state index in [4.69, 9.17) is 22.1 Å². The number of carbonyl (C=O) groups excluding carboxylic acids is 1. The summed E-state index contributed by atoms with van der Waals surface area (Å²) in [5.41, 5.74) is 6.52. The van der Waals surface area contributed by atoms with E-state index in [2.05, 4.69) is 0 Å². The third kappa shape index (κ3) is 5.02. The molecular weight excluding hydrogens is 276 g/mol. The Morgan fingerprint density at radius 2 is 2.20 bits per heavy atom. The number of nitrogens with zero attached hydrogens (tertiary/aromatic N) is 1. The van der Waals surface area contributed by atoms with Crippen molar-refractivity contribution in [2.45, 2.75) is 32.7 Å².